The lowest BCUT2D eigenvalue weighted by Crippen LogP contribution is -2.30. The Morgan fingerprint density at radius 3 is 1.04 bits per heavy atom. The Morgan fingerprint density at radius 2 is 0.662 bits per heavy atom. The highest BCUT2D eigenvalue weighted by atomic mass is 16.6. The maximum absolute atomic E-state index is 12.8. The van der Waals surface area contributed by atoms with Crippen LogP contribution in [0.15, 0.2) is 122 Å². The first-order valence-electron chi connectivity index (χ1n) is 28.1. The van der Waals surface area contributed by atoms with Gasteiger partial charge in [0.15, 0.2) is 6.10 Å². The van der Waals surface area contributed by atoms with E-state index in [1.807, 2.05) is 0 Å². The van der Waals surface area contributed by atoms with Gasteiger partial charge in [-0.05, 0) is 89.9 Å². The second-order valence-corrected chi connectivity index (χ2v) is 18.1. The van der Waals surface area contributed by atoms with E-state index in [1.54, 1.807) is 0 Å². The van der Waals surface area contributed by atoms with Gasteiger partial charge in [0, 0.05) is 12.8 Å². The number of rotatable bonds is 50. The third kappa shape index (κ3) is 54.9. The number of hydrogen-bond donors (Lipinski definition) is 0. The molecule has 0 aliphatic carbocycles. The van der Waals surface area contributed by atoms with E-state index in [0.29, 0.717) is 25.9 Å². The minimum absolute atomic E-state index is 0.0279. The lowest BCUT2D eigenvalue weighted by atomic mass is 10.0. The van der Waals surface area contributed by atoms with Crippen LogP contribution in [0.3, 0.4) is 0 Å². The van der Waals surface area contributed by atoms with Gasteiger partial charge < -0.3 is 14.2 Å². The molecule has 0 rings (SSSR count). The van der Waals surface area contributed by atoms with Crippen LogP contribution in [0, 0.1) is 0 Å². The summed E-state index contributed by atoms with van der Waals surface area (Å²) in [6, 6.07) is 0. The monoisotopic (exact) mass is 941 g/mol. The Morgan fingerprint density at radius 1 is 0.338 bits per heavy atom. The van der Waals surface area contributed by atoms with Gasteiger partial charge >= 0.3 is 11.9 Å². The van der Waals surface area contributed by atoms with Gasteiger partial charge in [0.1, 0.15) is 6.61 Å². The van der Waals surface area contributed by atoms with Crippen molar-refractivity contribution in [2.75, 3.05) is 19.8 Å². The third-order valence-electron chi connectivity index (χ3n) is 11.5. The molecule has 0 aromatic heterocycles. The standard InChI is InChI=1S/C63H104O5/c1-4-7-10-13-16-19-22-25-28-31-32-34-35-38-41-44-47-50-53-56-62(64)67-60-61(59-66-58-55-52-49-46-43-40-37-30-27-24-21-18-15-12-9-6-3)68-63(65)57-54-51-48-45-42-39-36-33-29-26-23-20-17-14-11-8-5-2/h8-9,11-12,17-18,20-21,26-27,29-30,36,39-40,43,45,48-49,52,61H,4-7,10,13-16,19,22-25,28,31-35,37-38,41-42,44,46-47,50-51,53-60H2,1-3H3/b11-8-,12-9-,20-17-,21-18-,29-26-,30-27-,39-36-,43-40-,48-45-,52-49-. The second kappa shape index (κ2) is 57.6. The third-order valence-corrected chi connectivity index (χ3v) is 11.5. The minimum Gasteiger partial charge on any atom is -0.462 e. The quantitative estimate of drug-likeness (QED) is 0.0345. The van der Waals surface area contributed by atoms with Crippen molar-refractivity contribution in [2.24, 2.45) is 0 Å². The maximum atomic E-state index is 12.8. The van der Waals surface area contributed by atoms with Gasteiger partial charge in [-0.2, -0.15) is 0 Å². The van der Waals surface area contributed by atoms with Gasteiger partial charge in [-0.1, -0.05) is 258 Å². The Hall–Kier alpha value is -3.70. The summed E-state index contributed by atoms with van der Waals surface area (Å²) in [5, 5.41) is 0. The average molecular weight is 942 g/mol. The van der Waals surface area contributed by atoms with E-state index in [-0.39, 0.29) is 25.2 Å². The smallest absolute Gasteiger partial charge is 0.306 e. The maximum Gasteiger partial charge on any atom is 0.306 e. The molecule has 0 heterocycles. The molecule has 0 fully saturated rings. The number of ether oxygens (including phenoxy) is 3. The number of allylic oxidation sites excluding steroid dienone is 19. The van der Waals surface area contributed by atoms with E-state index in [2.05, 4.69) is 142 Å². The topological polar surface area (TPSA) is 61.8 Å². The van der Waals surface area contributed by atoms with Gasteiger partial charge in [-0.15, -0.1) is 0 Å². The van der Waals surface area contributed by atoms with Crippen LogP contribution in [0.2, 0.25) is 0 Å². The Kier molecular flexibility index (Phi) is 54.5. The molecule has 5 heteroatoms. The van der Waals surface area contributed by atoms with E-state index >= 15 is 0 Å². The highest BCUT2D eigenvalue weighted by molar-refractivity contribution is 5.70. The second-order valence-electron chi connectivity index (χ2n) is 18.1. The average Bonchev–Trinajstić information content (AvgIpc) is 3.34. The Balaban J connectivity index is 4.44. The summed E-state index contributed by atoms with van der Waals surface area (Å²) < 4.78 is 17.3. The fourth-order valence-electron chi connectivity index (χ4n) is 7.43. The van der Waals surface area contributed by atoms with Crippen LogP contribution in [0.5, 0.6) is 0 Å². The Labute approximate surface area is 420 Å². The highest BCUT2D eigenvalue weighted by Gasteiger charge is 2.17. The Bertz CT molecular complexity index is 1390. The van der Waals surface area contributed by atoms with Crippen molar-refractivity contribution in [1.29, 1.82) is 0 Å². The molecule has 386 valence electrons. The van der Waals surface area contributed by atoms with E-state index in [9.17, 15) is 9.59 Å². The number of unbranched alkanes of at least 4 members (excludes halogenated alkanes) is 19. The predicted octanol–water partition coefficient (Wildman–Crippen LogP) is 19.3. The molecule has 0 bridgehead atoms. The van der Waals surface area contributed by atoms with Crippen molar-refractivity contribution in [3.63, 3.8) is 0 Å². The van der Waals surface area contributed by atoms with Crippen molar-refractivity contribution in [3.05, 3.63) is 122 Å². The van der Waals surface area contributed by atoms with Crippen LogP contribution in [-0.4, -0.2) is 37.9 Å². The van der Waals surface area contributed by atoms with Crippen LogP contribution in [0.4, 0.5) is 0 Å². The van der Waals surface area contributed by atoms with Crippen molar-refractivity contribution in [2.45, 2.75) is 245 Å². The van der Waals surface area contributed by atoms with E-state index in [4.69, 9.17) is 14.2 Å². The van der Waals surface area contributed by atoms with Crippen molar-refractivity contribution >= 4 is 11.9 Å². The molecule has 5 nitrogen and oxygen atoms in total. The van der Waals surface area contributed by atoms with Gasteiger partial charge in [-0.25, -0.2) is 0 Å². The molecule has 0 aliphatic rings. The SMILES string of the molecule is CC/C=C\C/C=C\C/C=C\C/C=C\C/C=C\CCCC(=O)OC(COCC/C=C\C/C=C\C/C=C\C/C=C\C/C=C\CC)COC(=O)CCCCCCCCCCCCCCCCCCCCC. The summed E-state index contributed by atoms with van der Waals surface area (Å²) in [4.78, 5) is 25.5. The molecule has 0 spiro atoms. The number of carbonyl (C=O) groups excluding carboxylic acids is 2. The molecule has 0 amide bonds. The predicted molar refractivity (Wildman–Crippen MR) is 297 cm³/mol. The van der Waals surface area contributed by atoms with Crippen molar-refractivity contribution in [3.8, 4) is 0 Å². The van der Waals surface area contributed by atoms with Crippen LogP contribution in [0.1, 0.15) is 239 Å². The fraction of sp³-hybridized carbons (Fsp3) is 0.651. The molecule has 0 saturated carbocycles. The normalized spacial score (nSPS) is 13.2. The zero-order valence-electron chi connectivity index (χ0n) is 44.3. The van der Waals surface area contributed by atoms with E-state index in [0.717, 1.165) is 96.3 Å². The number of carbonyl (C=O) groups is 2. The molecule has 0 radical (unpaired) electrons. The van der Waals surface area contributed by atoms with Crippen molar-refractivity contribution in [1.82, 2.24) is 0 Å². The first-order valence-corrected chi connectivity index (χ1v) is 28.1. The number of esters is 2. The van der Waals surface area contributed by atoms with Crippen LogP contribution < -0.4 is 0 Å². The molecule has 1 atom stereocenters. The molecule has 0 saturated heterocycles. The fourth-order valence-corrected chi connectivity index (χ4v) is 7.43. The molecule has 0 N–H and O–H groups in total. The van der Waals surface area contributed by atoms with Gasteiger partial charge in [0.25, 0.3) is 0 Å². The zero-order valence-corrected chi connectivity index (χ0v) is 44.3. The van der Waals surface area contributed by atoms with E-state index < -0.39 is 6.10 Å². The van der Waals surface area contributed by atoms with Crippen LogP contribution >= 0.6 is 0 Å². The summed E-state index contributed by atoms with van der Waals surface area (Å²) in [5.41, 5.74) is 0. The largest absolute Gasteiger partial charge is 0.462 e. The lowest BCUT2D eigenvalue weighted by molar-refractivity contribution is -0.162. The first-order chi connectivity index (χ1) is 33.6. The van der Waals surface area contributed by atoms with Gasteiger partial charge in [0.2, 0.25) is 0 Å². The van der Waals surface area contributed by atoms with Gasteiger partial charge in [0.05, 0.1) is 13.2 Å². The molecule has 0 aliphatic heterocycles. The molecular weight excluding hydrogens is 837 g/mol. The summed E-state index contributed by atoms with van der Waals surface area (Å²) in [7, 11) is 0. The minimum atomic E-state index is -0.612. The van der Waals surface area contributed by atoms with Crippen LogP contribution in [0.25, 0.3) is 0 Å². The zero-order chi connectivity index (χ0) is 49.2. The van der Waals surface area contributed by atoms with Crippen LogP contribution in [-0.2, 0) is 23.8 Å². The summed E-state index contributed by atoms with van der Waals surface area (Å²) >= 11 is 0. The summed E-state index contributed by atoms with van der Waals surface area (Å²) in [6.07, 6.45) is 81.1. The highest BCUT2D eigenvalue weighted by Crippen LogP contribution is 2.15. The van der Waals surface area contributed by atoms with Crippen molar-refractivity contribution < 1.29 is 23.8 Å². The molecule has 68 heavy (non-hydrogen) atoms. The van der Waals surface area contributed by atoms with E-state index in [1.165, 1.54) is 103 Å². The molecule has 0 aromatic carbocycles. The first kappa shape index (κ1) is 64.3. The number of hydrogen-bond acceptors (Lipinski definition) is 5. The van der Waals surface area contributed by atoms with Gasteiger partial charge in [-0.3, -0.25) is 9.59 Å². The summed E-state index contributed by atoms with van der Waals surface area (Å²) in [6.45, 7) is 7.34. The molecular formula is C63H104O5. The molecule has 1 unspecified atom stereocenters. The molecule has 0 aromatic rings. The summed E-state index contributed by atoms with van der Waals surface area (Å²) in [5.74, 6) is -0.506. The lowest BCUT2D eigenvalue weighted by Gasteiger charge is -2.18.